The molecular weight excluding hydrogens is 328 g/mol. The van der Waals surface area contributed by atoms with Gasteiger partial charge in [0.15, 0.2) is 5.82 Å². The number of rotatable bonds is 2. The second kappa shape index (κ2) is 4.59. The Bertz CT molecular complexity index is 802. The first-order chi connectivity index (χ1) is 11.4. The van der Waals surface area contributed by atoms with Gasteiger partial charge in [0.1, 0.15) is 12.4 Å². The van der Waals surface area contributed by atoms with Gasteiger partial charge in [0.25, 0.3) is 0 Å². The van der Waals surface area contributed by atoms with Crippen molar-refractivity contribution in [3.05, 3.63) is 11.6 Å². The molecule has 2 aliphatic heterocycles. The van der Waals surface area contributed by atoms with Crippen LogP contribution in [0.15, 0.2) is 0 Å². The van der Waals surface area contributed by atoms with Crippen molar-refractivity contribution in [1.29, 1.82) is 0 Å². The van der Waals surface area contributed by atoms with Crippen molar-refractivity contribution in [3.63, 3.8) is 0 Å². The first kappa shape index (κ1) is 15.3. The fraction of sp³-hybridized carbons (Fsp3) is 0.875. The molecule has 2 saturated carbocycles. The van der Waals surface area contributed by atoms with Gasteiger partial charge in [0, 0.05) is 18.0 Å². The van der Waals surface area contributed by atoms with Crippen LogP contribution in [0.2, 0.25) is 0 Å². The second-order valence-corrected chi connectivity index (χ2v) is 10.3. The Morgan fingerprint density at radius 1 is 1.33 bits per heavy atom. The lowest BCUT2D eigenvalue weighted by atomic mass is 9.69. The SMILES string of the molecule is CC1(C)[C@@H]2CCC13CS(=O)(=O)N(Cc1nnc4n1CCOC4)[C@@H]3C2. The molecule has 3 atom stereocenters. The summed E-state index contributed by atoms with van der Waals surface area (Å²) < 4.78 is 35.1. The third-order valence-electron chi connectivity index (χ3n) is 7.42. The minimum Gasteiger partial charge on any atom is -0.372 e. The standard InChI is InChI=1S/C16H24N4O3S/c1-15(2)11-3-4-16(15)10-24(21,22)20(12(16)7-11)8-13-17-18-14-9-23-6-5-19(13)14/h11-12H,3-10H2,1-2H3/t11-,12-,16?/m1/s1. The van der Waals surface area contributed by atoms with Crippen LogP contribution in [0.3, 0.4) is 0 Å². The molecule has 1 saturated heterocycles. The molecule has 24 heavy (non-hydrogen) atoms. The van der Waals surface area contributed by atoms with Crippen molar-refractivity contribution < 1.29 is 13.2 Å². The summed E-state index contributed by atoms with van der Waals surface area (Å²) in [4.78, 5) is 0. The van der Waals surface area contributed by atoms with Crippen molar-refractivity contribution in [2.45, 2.75) is 58.8 Å². The number of fused-ring (bicyclic) bond motifs is 2. The second-order valence-electron chi connectivity index (χ2n) is 8.40. The summed E-state index contributed by atoms with van der Waals surface area (Å²) in [5, 5.41) is 8.44. The van der Waals surface area contributed by atoms with Crippen LogP contribution in [-0.4, -0.2) is 45.9 Å². The lowest BCUT2D eigenvalue weighted by Crippen LogP contribution is -2.41. The zero-order valence-electron chi connectivity index (χ0n) is 14.2. The average molecular weight is 352 g/mol. The maximum Gasteiger partial charge on any atom is 0.215 e. The van der Waals surface area contributed by atoms with E-state index in [9.17, 15) is 8.42 Å². The first-order valence-electron chi connectivity index (χ1n) is 8.83. The maximum atomic E-state index is 13.0. The van der Waals surface area contributed by atoms with E-state index in [0.717, 1.165) is 24.5 Å². The van der Waals surface area contributed by atoms with Crippen molar-refractivity contribution in [2.75, 3.05) is 12.4 Å². The van der Waals surface area contributed by atoms with E-state index in [1.807, 2.05) is 4.57 Å². The fourth-order valence-corrected chi connectivity index (χ4v) is 8.41. The highest BCUT2D eigenvalue weighted by molar-refractivity contribution is 7.89. The van der Waals surface area contributed by atoms with Gasteiger partial charge in [-0.1, -0.05) is 13.8 Å². The topological polar surface area (TPSA) is 77.3 Å². The number of hydrogen-bond donors (Lipinski definition) is 0. The van der Waals surface area contributed by atoms with Crippen molar-refractivity contribution in [1.82, 2.24) is 19.1 Å². The highest BCUT2D eigenvalue weighted by atomic mass is 32.2. The molecule has 7 nitrogen and oxygen atoms in total. The Morgan fingerprint density at radius 2 is 2.17 bits per heavy atom. The van der Waals surface area contributed by atoms with Crippen LogP contribution in [0.1, 0.15) is 44.8 Å². The molecule has 3 heterocycles. The fourth-order valence-electron chi connectivity index (χ4n) is 5.90. The highest BCUT2D eigenvalue weighted by Crippen LogP contribution is 2.70. The lowest BCUT2D eigenvalue weighted by Gasteiger charge is -2.37. The molecule has 5 rings (SSSR count). The molecule has 4 aliphatic rings. The van der Waals surface area contributed by atoms with E-state index in [1.54, 1.807) is 4.31 Å². The molecule has 1 aromatic rings. The van der Waals surface area contributed by atoms with E-state index < -0.39 is 10.0 Å². The van der Waals surface area contributed by atoms with Gasteiger partial charge in [0.05, 0.1) is 18.9 Å². The Labute approximate surface area is 142 Å². The molecule has 1 aromatic heterocycles. The van der Waals surface area contributed by atoms with Crippen LogP contribution in [0.25, 0.3) is 0 Å². The third kappa shape index (κ3) is 1.72. The molecule has 0 amide bonds. The molecule has 0 aromatic carbocycles. The molecule has 8 heteroatoms. The highest BCUT2D eigenvalue weighted by Gasteiger charge is 2.71. The van der Waals surface area contributed by atoms with Crippen LogP contribution in [-0.2, 0) is 34.5 Å². The molecule has 1 spiro atoms. The smallest absolute Gasteiger partial charge is 0.215 e. The van der Waals surface area contributed by atoms with Gasteiger partial charge in [0.2, 0.25) is 10.0 Å². The minimum absolute atomic E-state index is 0.0790. The molecule has 132 valence electrons. The Morgan fingerprint density at radius 3 is 2.96 bits per heavy atom. The largest absolute Gasteiger partial charge is 0.372 e. The zero-order valence-corrected chi connectivity index (χ0v) is 15.0. The summed E-state index contributed by atoms with van der Waals surface area (Å²) in [6.45, 7) is 6.70. The predicted octanol–water partition coefficient (Wildman–Crippen LogP) is 1.15. The molecular formula is C16H24N4O3S. The summed E-state index contributed by atoms with van der Waals surface area (Å²) in [7, 11) is -3.24. The number of sulfonamides is 1. The Kier molecular flexibility index (Phi) is 2.92. The molecule has 2 bridgehead atoms. The normalized spacial score (nSPS) is 39.1. The predicted molar refractivity (Wildman–Crippen MR) is 86.4 cm³/mol. The lowest BCUT2D eigenvalue weighted by molar-refractivity contribution is 0.0789. The van der Waals surface area contributed by atoms with Gasteiger partial charge >= 0.3 is 0 Å². The summed E-state index contributed by atoms with van der Waals surface area (Å²) in [5.41, 5.74) is 0.0297. The number of nitrogens with zero attached hydrogens (tertiary/aromatic N) is 4. The summed E-state index contributed by atoms with van der Waals surface area (Å²) in [6.07, 6.45) is 3.21. The zero-order chi connectivity index (χ0) is 16.7. The van der Waals surface area contributed by atoms with Gasteiger partial charge in [-0.3, -0.25) is 0 Å². The first-order valence-corrected chi connectivity index (χ1v) is 10.4. The molecule has 0 N–H and O–H groups in total. The molecule has 1 unspecified atom stereocenters. The van der Waals surface area contributed by atoms with Gasteiger partial charge in [-0.05, 0) is 30.6 Å². The average Bonchev–Trinajstić information content (AvgIpc) is 3.17. The summed E-state index contributed by atoms with van der Waals surface area (Å²) in [6, 6.07) is 0.129. The minimum atomic E-state index is -3.24. The van der Waals surface area contributed by atoms with Gasteiger partial charge in [-0.2, -0.15) is 4.31 Å². The van der Waals surface area contributed by atoms with Crippen molar-refractivity contribution in [3.8, 4) is 0 Å². The van der Waals surface area contributed by atoms with Gasteiger partial charge < -0.3 is 9.30 Å². The van der Waals surface area contributed by atoms with Crippen LogP contribution >= 0.6 is 0 Å². The molecule has 2 aliphatic carbocycles. The van der Waals surface area contributed by atoms with E-state index in [0.29, 0.717) is 38.0 Å². The quantitative estimate of drug-likeness (QED) is 0.798. The van der Waals surface area contributed by atoms with Crippen molar-refractivity contribution in [2.24, 2.45) is 16.7 Å². The summed E-state index contributed by atoms with van der Waals surface area (Å²) >= 11 is 0. The van der Waals surface area contributed by atoms with Gasteiger partial charge in [-0.25, -0.2) is 8.42 Å². The van der Waals surface area contributed by atoms with Gasteiger partial charge in [-0.15, -0.1) is 10.2 Å². The van der Waals surface area contributed by atoms with E-state index in [4.69, 9.17) is 4.74 Å². The van der Waals surface area contributed by atoms with E-state index in [1.165, 1.54) is 6.42 Å². The molecule has 0 radical (unpaired) electrons. The monoisotopic (exact) mass is 352 g/mol. The molecule has 3 fully saturated rings. The number of hydrogen-bond acceptors (Lipinski definition) is 5. The third-order valence-corrected chi connectivity index (χ3v) is 9.40. The Balaban J connectivity index is 1.52. The maximum absolute atomic E-state index is 13.0. The van der Waals surface area contributed by atoms with Crippen LogP contribution < -0.4 is 0 Å². The van der Waals surface area contributed by atoms with E-state index in [-0.39, 0.29) is 16.9 Å². The number of aromatic nitrogens is 3. The summed E-state index contributed by atoms with van der Waals surface area (Å²) in [5.74, 6) is 2.50. The van der Waals surface area contributed by atoms with Crippen LogP contribution in [0.5, 0.6) is 0 Å². The van der Waals surface area contributed by atoms with Crippen LogP contribution in [0.4, 0.5) is 0 Å². The van der Waals surface area contributed by atoms with Crippen LogP contribution in [0, 0.1) is 16.7 Å². The number of ether oxygens (including phenoxy) is 1. The van der Waals surface area contributed by atoms with E-state index >= 15 is 0 Å². The Hall–Kier alpha value is -0.990. The van der Waals surface area contributed by atoms with Crippen molar-refractivity contribution >= 4 is 10.0 Å². The van der Waals surface area contributed by atoms with E-state index in [2.05, 4.69) is 24.0 Å².